The third kappa shape index (κ3) is 3.71. The molecule has 0 saturated heterocycles. The maximum Gasteiger partial charge on any atom is 0.119 e. The van der Waals surface area contributed by atoms with Gasteiger partial charge in [-0.2, -0.15) is 0 Å². The molecule has 0 heterocycles. The molecule has 3 heteroatoms. The van der Waals surface area contributed by atoms with E-state index < -0.39 is 5.60 Å². The zero-order valence-electron chi connectivity index (χ0n) is 11.4. The molecule has 2 aliphatic carbocycles. The van der Waals surface area contributed by atoms with Crippen molar-refractivity contribution in [3.8, 4) is 5.75 Å². The Balaban J connectivity index is 1.53. The van der Waals surface area contributed by atoms with Crippen molar-refractivity contribution in [1.29, 1.82) is 0 Å². The lowest BCUT2D eigenvalue weighted by atomic mass is 10.0. The van der Waals surface area contributed by atoms with Crippen LogP contribution < -0.4 is 10.1 Å². The van der Waals surface area contributed by atoms with Crippen molar-refractivity contribution in [2.24, 2.45) is 0 Å². The Morgan fingerprint density at radius 1 is 1.26 bits per heavy atom. The Kier molecular flexibility index (Phi) is 3.76. The third-order valence-electron chi connectivity index (χ3n) is 4.11. The predicted octanol–water partition coefficient (Wildman–Crippen LogP) is 2.62. The minimum absolute atomic E-state index is 0.423. The second kappa shape index (κ2) is 5.51. The third-order valence-corrected chi connectivity index (χ3v) is 4.11. The van der Waals surface area contributed by atoms with E-state index in [9.17, 15) is 5.11 Å². The summed E-state index contributed by atoms with van der Waals surface area (Å²) in [6, 6.07) is 8.92. The van der Waals surface area contributed by atoms with E-state index in [1.54, 1.807) is 0 Å². The van der Waals surface area contributed by atoms with Gasteiger partial charge in [-0.05, 0) is 43.4 Å². The summed E-state index contributed by atoms with van der Waals surface area (Å²) >= 11 is 0. The van der Waals surface area contributed by atoms with Gasteiger partial charge in [-0.1, -0.05) is 25.0 Å². The normalized spacial score (nSPS) is 21.5. The Morgan fingerprint density at radius 2 is 2.05 bits per heavy atom. The molecule has 1 aromatic carbocycles. The van der Waals surface area contributed by atoms with Gasteiger partial charge in [0.2, 0.25) is 0 Å². The van der Waals surface area contributed by atoms with Crippen LogP contribution in [0.1, 0.15) is 44.1 Å². The van der Waals surface area contributed by atoms with Crippen LogP contribution in [0.15, 0.2) is 24.3 Å². The monoisotopic (exact) mass is 261 g/mol. The van der Waals surface area contributed by atoms with E-state index in [4.69, 9.17) is 4.74 Å². The second-order valence-electron chi connectivity index (χ2n) is 6.02. The number of hydrogen-bond acceptors (Lipinski definition) is 3. The number of aliphatic hydroxyl groups is 1. The minimum Gasteiger partial charge on any atom is -0.491 e. The maximum atomic E-state index is 10.3. The van der Waals surface area contributed by atoms with Crippen LogP contribution >= 0.6 is 0 Å². The summed E-state index contributed by atoms with van der Waals surface area (Å²) in [6.45, 7) is 1.33. The fourth-order valence-electron chi connectivity index (χ4n) is 2.69. The molecule has 104 valence electrons. The number of nitrogens with one attached hydrogen (secondary N) is 1. The molecule has 0 radical (unpaired) electrons. The van der Waals surface area contributed by atoms with Crippen LogP contribution in [0, 0.1) is 0 Å². The van der Waals surface area contributed by atoms with Gasteiger partial charge >= 0.3 is 0 Å². The largest absolute Gasteiger partial charge is 0.491 e. The first-order valence-corrected chi connectivity index (χ1v) is 7.41. The molecule has 0 unspecified atom stereocenters. The van der Waals surface area contributed by atoms with Crippen molar-refractivity contribution in [2.45, 2.75) is 56.7 Å². The van der Waals surface area contributed by atoms with Crippen LogP contribution in [0.3, 0.4) is 0 Å². The molecule has 0 atom stereocenters. The number of benzene rings is 1. The molecule has 2 fully saturated rings. The Morgan fingerprint density at radius 3 is 2.79 bits per heavy atom. The first-order valence-electron chi connectivity index (χ1n) is 7.41. The molecule has 0 bridgehead atoms. The van der Waals surface area contributed by atoms with E-state index in [1.807, 2.05) is 12.1 Å². The zero-order valence-corrected chi connectivity index (χ0v) is 11.4. The highest BCUT2D eigenvalue weighted by Crippen LogP contribution is 2.30. The summed E-state index contributed by atoms with van der Waals surface area (Å²) in [5, 5.41) is 13.8. The molecule has 2 saturated carbocycles. The van der Waals surface area contributed by atoms with E-state index >= 15 is 0 Å². The zero-order chi connectivity index (χ0) is 13.1. The van der Waals surface area contributed by atoms with Gasteiger partial charge < -0.3 is 15.2 Å². The van der Waals surface area contributed by atoms with Crippen LogP contribution in [0.2, 0.25) is 0 Å². The quantitative estimate of drug-likeness (QED) is 0.827. The highest BCUT2D eigenvalue weighted by atomic mass is 16.5. The van der Waals surface area contributed by atoms with E-state index in [-0.39, 0.29) is 0 Å². The van der Waals surface area contributed by atoms with Crippen molar-refractivity contribution in [3.63, 3.8) is 0 Å². The van der Waals surface area contributed by atoms with Crippen LogP contribution in [0.5, 0.6) is 5.75 Å². The summed E-state index contributed by atoms with van der Waals surface area (Å²) in [7, 11) is 0. The van der Waals surface area contributed by atoms with E-state index in [0.717, 1.165) is 44.0 Å². The Labute approximate surface area is 115 Å². The second-order valence-corrected chi connectivity index (χ2v) is 6.02. The fraction of sp³-hybridized carbons (Fsp3) is 0.625. The summed E-state index contributed by atoms with van der Waals surface area (Å²) < 4.78 is 5.78. The number of hydrogen-bond donors (Lipinski definition) is 2. The average molecular weight is 261 g/mol. The molecular formula is C16H23NO2. The molecule has 0 aliphatic heterocycles. The summed E-state index contributed by atoms with van der Waals surface area (Å²) in [5.41, 5.74) is 0.658. The smallest absolute Gasteiger partial charge is 0.119 e. The molecule has 3 rings (SSSR count). The van der Waals surface area contributed by atoms with Crippen LogP contribution in [0.4, 0.5) is 0 Å². The highest BCUT2D eigenvalue weighted by Gasteiger charge is 2.31. The van der Waals surface area contributed by atoms with Gasteiger partial charge in [0.1, 0.15) is 12.4 Å². The summed E-state index contributed by atoms with van der Waals surface area (Å²) in [4.78, 5) is 0. The average Bonchev–Trinajstić information content (AvgIpc) is 3.16. The molecule has 0 aromatic heterocycles. The van der Waals surface area contributed by atoms with Gasteiger partial charge in [-0.3, -0.25) is 0 Å². The van der Waals surface area contributed by atoms with Gasteiger partial charge in [0.15, 0.2) is 0 Å². The lowest BCUT2D eigenvalue weighted by Crippen LogP contribution is -2.32. The minimum atomic E-state index is -0.595. The highest BCUT2D eigenvalue weighted by molar-refractivity contribution is 5.28. The number of ether oxygens (including phenoxy) is 1. The van der Waals surface area contributed by atoms with Crippen LogP contribution in [-0.2, 0) is 6.54 Å². The van der Waals surface area contributed by atoms with E-state index in [0.29, 0.717) is 6.61 Å². The lowest BCUT2D eigenvalue weighted by Gasteiger charge is -2.22. The van der Waals surface area contributed by atoms with Crippen molar-refractivity contribution in [3.05, 3.63) is 29.8 Å². The van der Waals surface area contributed by atoms with Gasteiger partial charge in [0, 0.05) is 12.6 Å². The first kappa shape index (κ1) is 12.9. The molecule has 0 spiro atoms. The van der Waals surface area contributed by atoms with E-state index in [2.05, 4.69) is 17.4 Å². The van der Waals surface area contributed by atoms with Gasteiger partial charge in [0.25, 0.3) is 0 Å². The topological polar surface area (TPSA) is 41.5 Å². The van der Waals surface area contributed by atoms with Crippen molar-refractivity contribution >= 4 is 0 Å². The predicted molar refractivity (Wildman–Crippen MR) is 75.2 cm³/mol. The summed E-state index contributed by atoms with van der Waals surface area (Å²) in [5.74, 6) is 0.871. The molecule has 2 aliphatic rings. The molecular weight excluding hydrogens is 238 g/mol. The Bertz CT molecular complexity index is 423. The fourth-order valence-corrected chi connectivity index (χ4v) is 2.69. The molecule has 1 aromatic rings. The van der Waals surface area contributed by atoms with E-state index in [1.165, 1.54) is 18.4 Å². The van der Waals surface area contributed by atoms with Gasteiger partial charge in [-0.25, -0.2) is 0 Å². The lowest BCUT2D eigenvalue weighted by molar-refractivity contribution is 0.00138. The SMILES string of the molecule is OC1(COc2cccc(CNC3CC3)c2)CCCC1. The van der Waals surface area contributed by atoms with Gasteiger partial charge in [-0.15, -0.1) is 0 Å². The first-order chi connectivity index (χ1) is 9.23. The number of rotatable bonds is 6. The van der Waals surface area contributed by atoms with Crippen molar-refractivity contribution in [1.82, 2.24) is 5.32 Å². The molecule has 19 heavy (non-hydrogen) atoms. The molecule has 3 nitrogen and oxygen atoms in total. The maximum absolute atomic E-state index is 10.3. The van der Waals surface area contributed by atoms with Crippen LogP contribution in [-0.4, -0.2) is 23.4 Å². The van der Waals surface area contributed by atoms with Crippen LogP contribution in [0.25, 0.3) is 0 Å². The molecule has 2 N–H and O–H groups in total. The molecule has 0 amide bonds. The Hall–Kier alpha value is -1.06. The van der Waals surface area contributed by atoms with Gasteiger partial charge in [0.05, 0.1) is 5.60 Å². The van der Waals surface area contributed by atoms with Crippen molar-refractivity contribution < 1.29 is 9.84 Å². The summed E-state index contributed by atoms with van der Waals surface area (Å²) in [6.07, 6.45) is 6.59. The standard InChI is InChI=1S/C16H23NO2/c18-16(8-1-2-9-16)12-19-15-5-3-4-13(10-15)11-17-14-6-7-14/h3-5,10,14,17-18H,1-2,6-9,11-12H2. The van der Waals surface area contributed by atoms with Crippen molar-refractivity contribution in [2.75, 3.05) is 6.61 Å².